The quantitative estimate of drug-likeness (QED) is 0.427. The topological polar surface area (TPSA) is 64.2 Å². The standard InChI is InChI=1S/C4H7NO2/c1-3(6)4(7)2-5/h3-4,6-7H,1H3/t3-,4-/m1/s1. The van der Waals surface area contributed by atoms with Gasteiger partial charge in [0.15, 0.2) is 6.10 Å². The first kappa shape index (κ1) is 6.41. The lowest BCUT2D eigenvalue weighted by Crippen LogP contribution is -2.19. The second kappa shape index (κ2) is 2.56. The van der Waals surface area contributed by atoms with Crippen molar-refractivity contribution in [2.45, 2.75) is 19.1 Å². The summed E-state index contributed by atoms with van der Waals surface area (Å²) < 4.78 is 0. The Bertz CT molecular complexity index is 84.2. The molecule has 0 radical (unpaired) electrons. The van der Waals surface area contributed by atoms with E-state index in [0.717, 1.165) is 0 Å². The summed E-state index contributed by atoms with van der Waals surface area (Å²) in [5.41, 5.74) is 0. The average molecular weight is 101 g/mol. The monoisotopic (exact) mass is 101 g/mol. The molecule has 2 N–H and O–H groups in total. The zero-order chi connectivity index (χ0) is 5.86. The van der Waals surface area contributed by atoms with Gasteiger partial charge in [0.1, 0.15) is 0 Å². The Kier molecular flexibility index (Phi) is 2.34. The third kappa shape index (κ3) is 2.15. The Morgan fingerprint density at radius 1 is 1.57 bits per heavy atom. The highest BCUT2D eigenvalue weighted by Crippen LogP contribution is 1.86. The second-order valence-corrected chi connectivity index (χ2v) is 1.31. The van der Waals surface area contributed by atoms with Crippen LogP contribution < -0.4 is 0 Å². The molecule has 0 aromatic rings. The minimum atomic E-state index is -1.24. The van der Waals surface area contributed by atoms with Gasteiger partial charge in [0.05, 0.1) is 12.2 Å². The van der Waals surface area contributed by atoms with Crippen molar-refractivity contribution < 1.29 is 10.2 Å². The maximum absolute atomic E-state index is 8.35. The van der Waals surface area contributed by atoms with Crippen LogP contribution in [0.15, 0.2) is 0 Å². The Labute approximate surface area is 41.8 Å². The summed E-state index contributed by atoms with van der Waals surface area (Å²) in [5, 5.41) is 24.5. The van der Waals surface area contributed by atoms with Crippen LogP contribution in [0.1, 0.15) is 6.92 Å². The maximum atomic E-state index is 8.35. The first-order chi connectivity index (χ1) is 3.18. The minimum Gasteiger partial charge on any atom is -0.390 e. The maximum Gasteiger partial charge on any atom is 0.165 e. The van der Waals surface area contributed by atoms with Gasteiger partial charge in [-0.2, -0.15) is 5.26 Å². The zero-order valence-corrected chi connectivity index (χ0v) is 4.00. The highest BCUT2D eigenvalue weighted by Gasteiger charge is 2.06. The van der Waals surface area contributed by atoms with Gasteiger partial charge in [-0.3, -0.25) is 0 Å². The number of nitriles is 1. The summed E-state index contributed by atoms with van der Waals surface area (Å²) in [4.78, 5) is 0. The Morgan fingerprint density at radius 3 is 2.00 bits per heavy atom. The van der Waals surface area contributed by atoms with Gasteiger partial charge in [0.2, 0.25) is 0 Å². The van der Waals surface area contributed by atoms with Crippen molar-refractivity contribution >= 4 is 0 Å². The second-order valence-electron chi connectivity index (χ2n) is 1.31. The molecule has 0 aliphatic rings. The van der Waals surface area contributed by atoms with Crippen LogP contribution in [0.4, 0.5) is 0 Å². The van der Waals surface area contributed by atoms with Crippen molar-refractivity contribution in [1.29, 1.82) is 5.26 Å². The van der Waals surface area contributed by atoms with Gasteiger partial charge in [0, 0.05) is 0 Å². The van der Waals surface area contributed by atoms with Crippen molar-refractivity contribution in [2.24, 2.45) is 0 Å². The van der Waals surface area contributed by atoms with Crippen molar-refractivity contribution in [1.82, 2.24) is 0 Å². The molecule has 7 heavy (non-hydrogen) atoms. The van der Waals surface area contributed by atoms with E-state index >= 15 is 0 Å². The van der Waals surface area contributed by atoms with E-state index in [1.807, 2.05) is 0 Å². The highest BCUT2D eigenvalue weighted by molar-refractivity contribution is 4.85. The largest absolute Gasteiger partial charge is 0.390 e. The molecule has 0 fully saturated rings. The SMILES string of the molecule is C[C@@H](O)[C@H](O)C#N. The van der Waals surface area contributed by atoms with Gasteiger partial charge in [-0.15, -0.1) is 0 Å². The summed E-state index contributed by atoms with van der Waals surface area (Å²) in [7, 11) is 0. The fraction of sp³-hybridized carbons (Fsp3) is 0.750. The van der Waals surface area contributed by atoms with Crippen LogP contribution in [0.5, 0.6) is 0 Å². The first-order valence-electron chi connectivity index (χ1n) is 1.94. The van der Waals surface area contributed by atoms with Crippen molar-refractivity contribution in [3.8, 4) is 6.07 Å². The third-order valence-corrected chi connectivity index (χ3v) is 0.589. The van der Waals surface area contributed by atoms with E-state index in [0.29, 0.717) is 0 Å². The predicted molar refractivity (Wildman–Crippen MR) is 23.3 cm³/mol. The van der Waals surface area contributed by atoms with Crippen molar-refractivity contribution in [3.63, 3.8) is 0 Å². The minimum absolute atomic E-state index is 0.940. The number of hydrogen-bond acceptors (Lipinski definition) is 3. The van der Waals surface area contributed by atoms with Crippen LogP contribution in [0.3, 0.4) is 0 Å². The van der Waals surface area contributed by atoms with E-state index in [9.17, 15) is 0 Å². The van der Waals surface area contributed by atoms with Crippen molar-refractivity contribution in [3.05, 3.63) is 0 Å². The molecule has 0 spiro atoms. The summed E-state index contributed by atoms with van der Waals surface area (Å²) >= 11 is 0. The fourth-order valence-corrected chi connectivity index (χ4v) is 0.108. The van der Waals surface area contributed by atoms with Crippen LogP contribution in [0.25, 0.3) is 0 Å². The Balaban J connectivity index is 3.40. The number of nitrogens with zero attached hydrogens (tertiary/aromatic N) is 1. The summed E-state index contributed by atoms with van der Waals surface area (Å²) in [6.07, 6.45) is -2.18. The predicted octanol–water partition coefficient (Wildman–Crippen LogP) is -0.748. The molecule has 40 valence electrons. The van der Waals surface area contributed by atoms with E-state index in [1.165, 1.54) is 13.0 Å². The number of aliphatic hydroxyl groups is 2. The van der Waals surface area contributed by atoms with Crippen LogP contribution in [-0.2, 0) is 0 Å². The van der Waals surface area contributed by atoms with Gasteiger partial charge in [-0.05, 0) is 6.92 Å². The van der Waals surface area contributed by atoms with E-state index in [-0.39, 0.29) is 0 Å². The van der Waals surface area contributed by atoms with Crippen LogP contribution in [0.2, 0.25) is 0 Å². The number of rotatable bonds is 1. The zero-order valence-electron chi connectivity index (χ0n) is 4.00. The number of aliphatic hydroxyl groups excluding tert-OH is 2. The fourth-order valence-electron chi connectivity index (χ4n) is 0.108. The molecular weight excluding hydrogens is 94.0 g/mol. The lowest BCUT2D eigenvalue weighted by Gasteiger charge is -2.00. The molecule has 3 nitrogen and oxygen atoms in total. The molecule has 0 saturated carbocycles. The van der Waals surface area contributed by atoms with Gasteiger partial charge in [-0.25, -0.2) is 0 Å². The molecule has 0 aromatic heterocycles. The van der Waals surface area contributed by atoms with E-state index in [1.54, 1.807) is 0 Å². The Morgan fingerprint density at radius 2 is 2.00 bits per heavy atom. The number of hydrogen-bond donors (Lipinski definition) is 2. The van der Waals surface area contributed by atoms with Gasteiger partial charge in [0.25, 0.3) is 0 Å². The van der Waals surface area contributed by atoms with Crippen LogP contribution in [-0.4, -0.2) is 22.4 Å². The molecule has 2 atom stereocenters. The van der Waals surface area contributed by atoms with Gasteiger partial charge < -0.3 is 10.2 Å². The summed E-state index contributed by atoms with van der Waals surface area (Å²) in [6.45, 7) is 1.36. The average Bonchev–Trinajstić information content (AvgIpc) is 1.65. The molecule has 0 bridgehead atoms. The van der Waals surface area contributed by atoms with Gasteiger partial charge in [-0.1, -0.05) is 0 Å². The third-order valence-electron chi connectivity index (χ3n) is 0.589. The molecule has 0 aliphatic carbocycles. The summed E-state index contributed by atoms with van der Waals surface area (Å²) in [6, 6.07) is 1.47. The smallest absolute Gasteiger partial charge is 0.165 e. The van der Waals surface area contributed by atoms with E-state index < -0.39 is 12.2 Å². The van der Waals surface area contributed by atoms with Crippen LogP contribution >= 0.6 is 0 Å². The molecule has 0 unspecified atom stereocenters. The molecule has 3 heteroatoms. The molecule has 0 aliphatic heterocycles. The van der Waals surface area contributed by atoms with Crippen LogP contribution in [0, 0.1) is 11.3 Å². The molecular formula is C4H7NO2. The lowest BCUT2D eigenvalue weighted by molar-refractivity contribution is 0.0665. The van der Waals surface area contributed by atoms with Gasteiger partial charge >= 0.3 is 0 Å². The molecule has 0 rings (SSSR count). The molecule has 0 aromatic carbocycles. The molecule has 0 amide bonds. The summed E-state index contributed by atoms with van der Waals surface area (Å²) in [5.74, 6) is 0. The first-order valence-corrected chi connectivity index (χ1v) is 1.94. The highest BCUT2D eigenvalue weighted by atomic mass is 16.3. The normalized spacial score (nSPS) is 17.4. The van der Waals surface area contributed by atoms with E-state index in [2.05, 4.69) is 0 Å². The lowest BCUT2D eigenvalue weighted by atomic mass is 10.3. The van der Waals surface area contributed by atoms with Crippen molar-refractivity contribution in [2.75, 3.05) is 0 Å². The molecule has 0 heterocycles. The molecule has 0 saturated heterocycles. The van der Waals surface area contributed by atoms with E-state index in [4.69, 9.17) is 15.5 Å². The Hall–Kier alpha value is -0.590.